The molecule has 0 aliphatic carbocycles. The molecule has 11 heteroatoms. The zero-order valence-corrected chi connectivity index (χ0v) is 18.1. The molecule has 4 N–H and O–H groups in total. The SMILES string of the molecule is N=Cc1cc(C(O)(c2csc(N3CCOCC3)n2)C(F)(F)F)ccc1[NH2+]c1ccc(F)cc1. The van der Waals surface area contributed by atoms with Gasteiger partial charge in [-0.05, 0) is 29.8 Å². The predicted molar refractivity (Wildman–Crippen MR) is 116 cm³/mol. The number of morpholine rings is 1. The van der Waals surface area contributed by atoms with Crippen LogP contribution in [0.25, 0.3) is 0 Å². The molecule has 1 atom stereocenters. The summed E-state index contributed by atoms with van der Waals surface area (Å²) in [7, 11) is 0. The second-order valence-electron chi connectivity index (χ2n) is 7.51. The second kappa shape index (κ2) is 9.18. The standard InChI is InChI=1S/C22H20F4N4O2S/c23-16-2-4-17(5-3-16)28-18-6-1-15(11-14(18)12-27)21(31,22(24,25)26)19-13-33-20(29-19)30-7-9-32-10-8-30/h1-6,11-13,27-28,31H,7-10H2/p+1. The van der Waals surface area contributed by atoms with E-state index in [-0.39, 0.29) is 5.56 Å². The molecule has 174 valence electrons. The van der Waals surface area contributed by atoms with Crippen LogP contribution in [0.15, 0.2) is 47.8 Å². The maximum absolute atomic E-state index is 14.2. The Morgan fingerprint density at radius 3 is 2.45 bits per heavy atom. The van der Waals surface area contributed by atoms with Crippen molar-refractivity contribution in [2.45, 2.75) is 11.8 Å². The number of aliphatic hydroxyl groups is 1. The third-order valence-electron chi connectivity index (χ3n) is 5.41. The monoisotopic (exact) mass is 481 g/mol. The smallest absolute Gasteiger partial charge is 0.378 e. The molecule has 4 rings (SSSR count). The fourth-order valence-corrected chi connectivity index (χ4v) is 4.50. The number of quaternary nitrogens is 1. The number of halogens is 4. The number of benzene rings is 2. The molecule has 0 radical (unpaired) electrons. The summed E-state index contributed by atoms with van der Waals surface area (Å²) in [4.78, 5) is 5.94. The van der Waals surface area contributed by atoms with E-state index in [1.165, 1.54) is 41.8 Å². The largest absolute Gasteiger partial charge is 0.427 e. The normalized spacial score (nSPS) is 16.5. The van der Waals surface area contributed by atoms with Crippen molar-refractivity contribution < 1.29 is 32.7 Å². The van der Waals surface area contributed by atoms with Gasteiger partial charge in [0.2, 0.25) is 5.60 Å². The molecule has 1 aromatic heterocycles. The Morgan fingerprint density at radius 2 is 1.82 bits per heavy atom. The number of rotatable bonds is 6. The fourth-order valence-electron chi connectivity index (χ4n) is 3.58. The van der Waals surface area contributed by atoms with Gasteiger partial charge >= 0.3 is 6.18 Å². The summed E-state index contributed by atoms with van der Waals surface area (Å²) < 4.78 is 61.1. The van der Waals surface area contributed by atoms with E-state index in [0.29, 0.717) is 42.8 Å². The van der Waals surface area contributed by atoms with Crippen LogP contribution in [0.4, 0.5) is 34.1 Å². The number of hydrogen-bond acceptors (Lipinski definition) is 6. The maximum Gasteiger partial charge on any atom is 0.427 e. The average Bonchev–Trinajstić information content (AvgIpc) is 3.31. The van der Waals surface area contributed by atoms with Gasteiger partial charge in [0.1, 0.15) is 17.2 Å². The minimum Gasteiger partial charge on any atom is -0.378 e. The van der Waals surface area contributed by atoms with Gasteiger partial charge in [-0.2, -0.15) is 13.2 Å². The lowest BCUT2D eigenvalue weighted by molar-refractivity contribution is -0.478. The molecule has 1 aliphatic rings. The molecule has 1 unspecified atom stereocenters. The Morgan fingerprint density at radius 1 is 1.12 bits per heavy atom. The van der Waals surface area contributed by atoms with Gasteiger partial charge in [-0.3, -0.25) is 5.32 Å². The van der Waals surface area contributed by atoms with Crippen LogP contribution in [0.1, 0.15) is 16.8 Å². The second-order valence-corrected chi connectivity index (χ2v) is 8.34. The highest BCUT2D eigenvalue weighted by atomic mass is 32.1. The van der Waals surface area contributed by atoms with Crippen LogP contribution in [0.2, 0.25) is 0 Å². The first-order valence-electron chi connectivity index (χ1n) is 10.1. The van der Waals surface area contributed by atoms with Gasteiger partial charge in [0.25, 0.3) is 0 Å². The average molecular weight is 481 g/mol. The lowest BCUT2D eigenvalue weighted by Gasteiger charge is -2.30. The van der Waals surface area contributed by atoms with Crippen molar-refractivity contribution in [3.63, 3.8) is 0 Å². The van der Waals surface area contributed by atoms with Gasteiger partial charge in [-0.15, -0.1) is 11.3 Å². The number of nitrogens with one attached hydrogen (secondary N) is 1. The zero-order valence-electron chi connectivity index (χ0n) is 17.3. The van der Waals surface area contributed by atoms with Crippen LogP contribution in [0, 0.1) is 11.2 Å². The highest BCUT2D eigenvalue weighted by Gasteiger charge is 2.58. The summed E-state index contributed by atoms with van der Waals surface area (Å²) >= 11 is 1.03. The van der Waals surface area contributed by atoms with Crippen LogP contribution in [-0.4, -0.2) is 48.8 Å². The van der Waals surface area contributed by atoms with Crippen LogP contribution in [0.3, 0.4) is 0 Å². The van der Waals surface area contributed by atoms with Crippen molar-refractivity contribution >= 4 is 34.1 Å². The highest BCUT2D eigenvalue weighted by Crippen LogP contribution is 2.45. The van der Waals surface area contributed by atoms with Crippen LogP contribution in [-0.2, 0) is 10.3 Å². The number of alkyl halides is 3. The van der Waals surface area contributed by atoms with Gasteiger partial charge < -0.3 is 20.2 Å². The van der Waals surface area contributed by atoms with E-state index in [0.717, 1.165) is 23.6 Å². The Hall–Kier alpha value is -2.86. The molecule has 1 saturated heterocycles. The molecule has 0 spiro atoms. The highest BCUT2D eigenvalue weighted by molar-refractivity contribution is 7.13. The summed E-state index contributed by atoms with van der Waals surface area (Å²) in [6, 6.07) is 9.26. The van der Waals surface area contributed by atoms with E-state index in [1.807, 2.05) is 4.90 Å². The molecule has 0 bridgehead atoms. The Bertz CT molecular complexity index is 1130. The van der Waals surface area contributed by atoms with E-state index in [2.05, 4.69) is 4.98 Å². The van der Waals surface area contributed by atoms with Crippen molar-refractivity contribution in [1.82, 2.24) is 4.98 Å². The lowest BCUT2D eigenvalue weighted by Crippen LogP contribution is -2.71. The van der Waals surface area contributed by atoms with Gasteiger partial charge in [0.05, 0.1) is 24.5 Å². The minimum absolute atomic E-state index is 0.170. The molecule has 1 fully saturated rings. The molecular formula is C22H21F4N4O2S+. The third-order valence-corrected chi connectivity index (χ3v) is 6.31. The van der Waals surface area contributed by atoms with Crippen LogP contribution in [0.5, 0.6) is 0 Å². The van der Waals surface area contributed by atoms with Crippen LogP contribution >= 0.6 is 11.3 Å². The first-order chi connectivity index (χ1) is 15.7. The quantitative estimate of drug-likeness (QED) is 0.286. The first kappa shape index (κ1) is 23.3. The lowest BCUT2D eigenvalue weighted by atomic mass is 9.88. The molecule has 2 aromatic carbocycles. The molecule has 0 amide bonds. The molecular weight excluding hydrogens is 460 g/mol. The summed E-state index contributed by atoms with van der Waals surface area (Å²) in [6.07, 6.45) is -4.14. The first-order valence-corrected chi connectivity index (χ1v) is 10.9. The third kappa shape index (κ3) is 4.62. The maximum atomic E-state index is 14.2. The number of hydrogen-bond donors (Lipinski definition) is 3. The molecule has 33 heavy (non-hydrogen) atoms. The predicted octanol–water partition coefficient (Wildman–Crippen LogP) is 3.44. The Balaban J connectivity index is 1.70. The molecule has 2 heterocycles. The van der Waals surface area contributed by atoms with Crippen molar-refractivity contribution in [2.75, 3.05) is 31.2 Å². The van der Waals surface area contributed by atoms with E-state index < -0.39 is 28.9 Å². The molecule has 1 aliphatic heterocycles. The Kier molecular flexibility index (Phi) is 6.48. The number of thiazole rings is 1. The number of aromatic nitrogens is 1. The zero-order chi connectivity index (χ0) is 23.6. The molecule has 3 aromatic rings. The number of anilines is 1. The van der Waals surface area contributed by atoms with Gasteiger partial charge in [0.15, 0.2) is 5.13 Å². The van der Waals surface area contributed by atoms with Gasteiger partial charge in [-0.1, -0.05) is 0 Å². The summed E-state index contributed by atoms with van der Waals surface area (Å²) in [5.74, 6) is -0.412. The van der Waals surface area contributed by atoms with Crippen LogP contribution < -0.4 is 10.2 Å². The number of ether oxygens (including phenoxy) is 1. The van der Waals surface area contributed by atoms with Gasteiger partial charge in [-0.25, -0.2) is 9.37 Å². The Labute approximate surface area is 191 Å². The number of nitrogens with zero attached hydrogens (tertiary/aromatic N) is 2. The van der Waals surface area contributed by atoms with E-state index in [9.17, 15) is 22.7 Å². The summed E-state index contributed by atoms with van der Waals surface area (Å²) in [6.45, 7) is 1.91. The van der Waals surface area contributed by atoms with Crippen molar-refractivity contribution in [2.24, 2.45) is 0 Å². The van der Waals surface area contributed by atoms with E-state index in [4.69, 9.17) is 10.1 Å². The summed E-state index contributed by atoms with van der Waals surface area (Å²) in [5, 5.41) is 21.9. The number of nitrogens with two attached hydrogens (primary N) is 1. The molecule has 0 saturated carbocycles. The molecule has 6 nitrogen and oxygen atoms in total. The van der Waals surface area contributed by atoms with Crippen molar-refractivity contribution in [3.05, 3.63) is 70.5 Å². The van der Waals surface area contributed by atoms with Crippen molar-refractivity contribution in [1.29, 1.82) is 5.41 Å². The van der Waals surface area contributed by atoms with Gasteiger partial charge in [0, 0.05) is 42.9 Å². The summed E-state index contributed by atoms with van der Waals surface area (Å²) in [5.41, 5.74) is -3.07. The van der Waals surface area contributed by atoms with E-state index in [1.54, 1.807) is 5.32 Å². The van der Waals surface area contributed by atoms with E-state index >= 15 is 0 Å². The fraction of sp³-hybridized carbons (Fsp3) is 0.273. The van der Waals surface area contributed by atoms with Crippen molar-refractivity contribution in [3.8, 4) is 0 Å². The topological polar surface area (TPSA) is 86.0 Å². The minimum atomic E-state index is -5.05.